The molecule has 0 aliphatic rings. The second-order valence-electron chi connectivity index (χ2n) is 3.78. The molecule has 1 aromatic carbocycles. The SMILES string of the molecule is CC(=O)c1ccc(C)cc1OCC(=O)NCC#N. The van der Waals surface area contributed by atoms with Crippen molar-refractivity contribution < 1.29 is 14.3 Å². The number of hydrogen-bond donors (Lipinski definition) is 1. The maximum absolute atomic E-state index is 11.4. The lowest BCUT2D eigenvalue weighted by Crippen LogP contribution is -2.29. The van der Waals surface area contributed by atoms with Crippen LogP contribution in [-0.4, -0.2) is 24.8 Å². The fourth-order valence-electron chi connectivity index (χ4n) is 1.37. The van der Waals surface area contributed by atoms with Crippen LogP contribution in [0.3, 0.4) is 0 Å². The molecule has 1 aromatic rings. The first-order valence-electron chi connectivity index (χ1n) is 5.42. The van der Waals surface area contributed by atoms with E-state index in [1.807, 2.05) is 6.92 Å². The molecule has 1 N–H and O–H groups in total. The van der Waals surface area contributed by atoms with Crippen LogP contribution in [-0.2, 0) is 4.79 Å². The first kappa shape index (κ1) is 13.7. The van der Waals surface area contributed by atoms with Crippen molar-refractivity contribution >= 4 is 11.7 Å². The predicted octanol–water partition coefficient (Wildman–Crippen LogP) is 1.22. The van der Waals surface area contributed by atoms with Gasteiger partial charge in [-0.15, -0.1) is 0 Å². The zero-order chi connectivity index (χ0) is 13.5. The molecular weight excluding hydrogens is 232 g/mol. The van der Waals surface area contributed by atoms with Crippen molar-refractivity contribution in [2.24, 2.45) is 0 Å². The molecule has 1 amide bonds. The second kappa shape index (κ2) is 6.40. The van der Waals surface area contributed by atoms with E-state index in [1.165, 1.54) is 6.92 Å². The summed E-state index contributed by atoms with van der Waals surface area (Å²) in [6.45, 7) is 3.03. The average molecular weight is 246 g/mol. The number of carbonyl (C=O) groups excluding carboxylic acids is 2. The third-order valence-electron chi connectivity index (χ3n) is 2.24. The normalized spacial score (nSPS) is 9.39. The number of aryl methyl sites for hydroxylation is 1. The lowest BCUT2D eigenvalue weighted by atomic mass is 10.1. The molecule has 0 saturated carbocycles. The van der Waals surface area contributed by atoms with Gasteiger partial charge in [0.05, 0.1) is 11.6 Å². The minimum absolute atomic E-state index is 0.0599. The van der Waals surface area contributed by atoms with Crippen molar-refractivity contribution in [3.63, 3.8) is 0 Å². The molecule has 0 fully saturated rings. The van der Waals surface area contributed by atoms with Crippen LogP contribution >= 0.6 is 0 Å². The smallest absolute Gasteiger partial charge is 0.258 e. The maximum Gasteiger partial charge on any atom is 0.258 e. The standard InChI is InChI=1S/C13H14N2O3/c1-9-3-4-11(10(2)16)12(7-9)18-8-13(17)15-6-5-14/h3-4,7H,6,8H2,1-2H3,(H,15,17). The Labute approximate surface area is 105 Å². The van der Waals surface area contributed by atoms with Crippen molar-refractivity contribution in [1.82, 2.24) is 5.32 Å². The van der Waals surface area contributed by atoms with Crippen LogP contribution in [0.1, 0.15) is 22.8 Å². The number of amides is 1. The van der Waals surface area contributed by atoms with Gasteiger partial charge in [0.1, 0.15) is 12.3 Å². The lowest BCUT2D eigenvalue weighted by Gasteiger charge is -2.10. The quantitative estimate of drug-likeness (QED) is 0.625. The highest BCUT2D eigenvalue weighted by atomic mass is 16.5. The number of ether oxygens (including phenoxy) is 1. The number of Topliss-reactive ketones (excluding diaryl/α,β-unsaturated/α-hetero) is 1. The van der Waals surface area contributed by atoms with Crippen LogP contribution in [0, 0.1) is 18.3 Å². The molecule has 0 saturated heterocycles. The van der Waals surface area contributed by atoms with Crippen molar-refractivity contribution in [3.8, 4) is 11.8 Å². The highest BCUT2D eigenvalue weighted by Gasteiger charge is 2.10. The Kier molecular flexibility index (Phi) is 4.88. The van der Waals surface area contributed by atoms with Crippen LogP contribution in [0.5, 0.6) is 5.75 Å². The number of nitrogens with zero attached hydrogens (tertiary/aromatic N) is 1. The summed E-state index contributed by atoms with van der Waals surface area (Å²) >= 11 is 0. The van der Waals surface area contributed by atoms with Gasteiger partial charge in [-0.1, -0.05) is 6.07 Å². The minimum atomic E-state index is -0.396. The summed E-state index contributed by atoms with van der Waals surface area (Å²) in [6.07, 6.45) is 0. The van der Waals surface area contributed by atoms with E-state index >= 15 is 0 Å². The molecule has 0 aliphatic carbocycles. The van der Waals surface area contributed by atoms with Crippen LogP contribution in [0.25, 0.3) is 0 Å². The Morgan fingerprint density at radius 2 is 2.17 bits per heavy atom. The van der Waals surface area contributed by atoms with E-state index in [-0.39, 0.29) is 18.9 Å². The van der Waals surface area contributed by atoms with E-state index in [4.69, 9.17) is 10.00 Å². The highest BCUT2D eigenvalue weighted by Crippen LogP contribution is 2.20. The molecule has 5 heteroatoms. The molecule has 0 atom stereocenters. The molecule has 0 aliphatic heterocycles. The third-order valence-corrected chi connectivity index (χ3v) is 2.24. The van der Waals surface area contributed by atoms with Gasteiger partial charge < -0.3 is 10.1 Å². The molecule has 0 aromatic heterocycles. The Morgan fingerprint density at radius 1 is 1.44 bits per heavy atom. The van der Waals surface area contributed by atoms with E-state index in [9.17, 15) is 9.59 Å². The number of nitriles is 1. The summed E-state index contributed by atoms with van der Waals surface area (Å²) in [4.78, 5) is 22.6. The van der Waals surface area contributed by atoms with Gasteiger partial charge in [-0.2, -0.15) is 5.26 Å². The third kappa shape index (κ3) is 3.91. The first-order valence-corrected chi connectivity index (χ1v) is 5.42. The first-order chi connectivity index (χ1) is 8.54. The predicted molar refractivity (Wildman–Crippen MR) is 65.3 cm³/mol. The Balaban J connectivity index is 2.72. The number of ketones is 1. The molecule has 0 spiro atoms. The number of benzene rings is 1. The second-order valence-corrected chi connectivity index (χ2v) is 3.78. The monoisotopic (exact) mass is 246 g/mol. The summed E-state index contributed by atoms with van der Waals surface area (Å²) in [7, 11) is 0. The Bertz CT molecular complexity index is 503. The average Bonchev–Trinajstić information content (AvgIpc) is 2.33. The molecule has 0 heterocycles. The van der Waals surface area contributed by atoms with Crippen molar-refractivity contribution in [2.45, 2.75) is 13.8 Å². The van der Waals surface area contributed by atoms with Gasteiger partial charge in [-0.3, -0.25) is 9.59 Å². The van der Waals surface area contributed by atoms with Crippen molar-refractivity contribution in [1.29, 1.82) is 5.26 Å². The summed E-state index contributed by atoms with van der Waals surface area (Å²) in [5, 5.41) is 10.7. The van der Waals surface area contributed by atoms with E-state index in [0.717, 1.165) is 5.56 Å². The molecule has 0 radical (unpaired) electrons. The van der Waals surface area contributed by atoms with E-state index in [0.29, 0.717) is 11.3 Å². The van der Waals surface area contributed by atoms with Crippen LogP contribution in [0.4, 0.5) is 0 Å². The Morgan fingerprint density at radius 3 is 2.78 bits per heavy atom. The van der Waals surface area contributed by atoms with E-state index < -0.39 is 5.91 Å². The molecule has 5 nitrogen and oxygen atoms in total. The molecular formula is C13H14N2O3. The van der Waals surface area contributed by atoms with E-state index in [1.54, 1.807) is 24.3 Å². The molecule has 0 bridgehead atoms. The molecule has 0 unspecified atom stereocenters. The number of hydrogen-bond acceptors (Lipinski definition) is 4. The summed E-state index contributed by atoms with van der Waals surface area (Å²) < 4.78 is 5.30. The van der Waals surface area contributed by atoms with Crippen LogP contribution in [0.2, 0.25) is 0 Å². The lowest BCUT2D eigenvalue weighted by molar-refractivity contribution is -0.122. The van der Waals surface area contributed by atoms with Gasteiger partial charge in [0, 0.05) is 0 Å². The molecule has 1 rings (SSSR count). The zero-order valence-electron chi connectivity index (χ0n) is 10.3. The largest absolute Gasteiger partial charge is 0.483 e. The van der Waals surface area contributed by atoms with Gasteiger partial charge in [0.15, 0.2) is 12.4 Å². The van der Waals surface area contributed by atoms with E-state index in [2.05, 4.69) is 5.32 Å². The summed E-state index contributed by atoms with van der Waals surface area (Å²) in [5.41, 5.74) is 1.38. The fourth-order valence-corrected chi connectivity index (χ4v) is 1.37. The highest BCUT2D eigenvalue weighted by molar-refractivity contribution is 5.97. The van der Waals surface area contributed by atoms with Gasteiger partial charge in [-0.25, -0.2) is 0 Å². The van der Waals surface area contributed by atoms with Gasteiger partial charge in [-0.05, 0) is 31.5 Å². The molecule has 94 valence electrons. The van der Waals surface area contributed by atoms with Gasteiger partial charge in [0.25, 0.3) is 5.91 Å². The topological polar surface area (TPSA) is 79.2 Å². The molecule has 18 heavy (non-hydrogen) atoms. The van der Waals surface area contributed by atoms with Crippen LogP contribution < -0.4 is 10.1 Å². The number of nitrogens with one attached hydrogen (secondary N) is 1. The van der Waals surface area contributed by atoms with Gasteiger partial charge >= 0.3 is 0 Å². The summed E-state index contributed by atoms with van der Waals surface area (Å²) in [5.74, 6) is -0.135. The zero-order valence-corrected chi connectivity index (χ0v) is 10.3. The summed E-state index contributed by atoms with van der Waals surface area (Å²) in [6, 6.07) is 6.97. The Hall–Kier alpha value is -2.35. The fraction of sp³-hybridized carbons (Fsp3) is 0.308. The van der Waals surface area contributed by atoms with Crippen molar-refractivity contribution in [3.05, 3.63) is 29.3 Å². The maximum atomic E-state index is 11.4. The van der Waals surface area contributed by atoms with Crippen molar-refractivity contribution in [2.75, 3.05) is 13.2 Å². The number of carbonyl (C=O) groups is 2. The van der Waals surface area contributed by atoms with Crippen LogP contribution in [0.15, 0.2) is 18.2 Å². The minimum Gasteiger partial charge on any atom is -0.483 e. The number of rotatable bonds is 5. The van der Waals surface area contributed by atoms with Gasteiger partial charge in [0.2, 0.25) is 0 Å².